The van der Waals surface area contributed by atoms with Crippen LogP contribution >= 0.6 is 45.8 Å². The van der Waals surface area contributed by atoms with E-state index in [0.29, 0.717) is 5.69 Å². The van der Waals surface area contributed by atoms with Gasteiger partial charge in [-0.25, -0.2) is 15.0 Å². The van der Waals surface area contributed by atoms with Gasteiger partial charge in [-0.1, -0.05) is 23.2 Å². The quantitative estimate of drug-likeness (QED) is 0.450. The average Bonchev–Trinajstić information content (AvgIpc) is 2.45. The van der Waals surface area contributed by atoms with E-state index in [1.165, 1.54) is 17.4 Å². The number of hydrogen-bond donors (Lipinski definition) is 1. The smallest absolute Gasteiger partial charge is 0.264 e. The van der Waals surface area contributed by atoms with Gasteiger partial charge in [0, 0.05) is 6.54 Å². The molecule has 2 heterocycles. The lowest BCUT2D eigenvalue weighted by molar-refractivity contribution is 0.0980. The van der Waals surface area contributed by atoms with Gasteiger partial charge in [-0.05, 0) is 34.7 Å². The van der Waals surface area contributed by atoms with E-state index in [4.69, 9.17) is 23.2 Å². The zero-order valence-corrected chi connectivity index (χ0v) is 14.2. The van der Waals surface area contributed by atoms with Crippen molar-refractivity contribution in [2.45, 2.75) is 0 Å². The second-order valence-corrected chi connectivity index (χ2v) is 5.67. The first-order chi connectivity index (χ1) is 10.0. The molecule has 1 N–H and O–H groups in total. The molecule has 0 saturated carbocycles. The minimum Gasteiger partial charge on any atom is -0.395 e. The second kappa shape index (κ2) is 7.30. The Hall–Kier alpha value is -1.03. The Morgan fingerprint density at radius 1 is 1.24 bits per heavy atom. The van der Waals surface area contributed by atoms with E-state index in [0.717, 1.165) is 3.70 Å². The maximum absolute atomic E-state index is 12.6. The van der Waals surface area contributed by atoms with Crippen LogP contribution in [0.2, 0.25) is 10.3 Å². The maximum Gasteiger partial charge on any atom is 0.264 e. The molecule has 110 valence electrons. The van der Waals surface area contributed by atoms with E-state index in [2.05, 4.69) is 37.5 Å². The summed E-state index contributed by atoms with van der Waals surface area (Å²) in [5.74, 6) is -0.498. The Morgan fingerprint density at radius 2 is 1.90 bits per heavy atom. The van der Waals surface area contributed by atoms with Crippen molar-refractivity contribution >= 4 is 57.4 Å². The molecule has 0 radical (unpaired) electrons. The highest BCUT2D eigenvalue weighted by atomic mass is 127. The summed E-state index contributed by atoms with van der Waals surface area (Å²) in [6.45, 7) is -0.149. The van der Waals surface area contributed by atoms with E-state index in [1.54, 1.807) is 12.1 Å². The summed E-state index contributed by atoms with van der Waals surface area (Å²) in [6.07, 6.45) is 2.70. The number of aromatic nitrogens is 3. The molecule has 0 bridgehead atoms. The van der Waals surface area contributed by atoms with Crippen LogP contribution in [-0.2, 0) is 0 Å². The van der Waals surface area contributed by atoms with E-state index < -0.39 is 5.91 Å². The SMILES string of the molecule is O=C(c1c(Cl)ncnc1Cl)N(CCO)c1ccc(I)nc1. The van der Waals surface area contributed by atoms with Crippen molar-refractivity contribution in [1.82, 2.24) is 15.0 Å². The Morgan fingerprint density at radius 3 is 2.43 bits per heavy atom. The predicted octanol–water partition coefficient (Wildman–Crippen LogP) is 2.42. The molecular weight excluding hydrogens is 430 g/mol. The third-order valence-electron chi connectivity index (χ3n) is 2.56. The van der Waals surface area contributed by atoms with Crippen LogP contribution in [0.4, 0.5) is 5.69 Å². The summed E-state index contributed by atoms with van der Waals surface area (Å²) in [6, 6.07) is 3.46. The van der Waals surface area contributed by atoms with Gasteiger partial charge in [-0.2, -0.15) is 0 Å². The van der Waals surface area contributed by atoms with Crippen LogP contribution in [0.3, 0.4) is 0 Å². The fraction of sp³-hybridized carbons (Fsp3) is 0.167. The van der Waals surface area contributed by atoms with Crippen molar-refractivity contribution in [2.75, 3.05) is 18.1 Å². The third kappa shape index (κ3) is 3.79. The van der Waals surface area contributed by atoms with E-state index in [1.807, 2.05) is 0 Å². The number of halogens is 3. The lowest BCUT2D eigenvalue weighted by Gasteiger charge is -2.22. The molecule has 0 fully saturated rings. The predicted molar refractivity (Wildman–Crippen MR) is 87.8 cm³/mol. The fourth-order valence-corrected chi connectivity index (χ4v) is 2.43. The number of aliphatic hydroxyl groups is 1. The monoisotopic (exact) mass is 438 g/mol. The number of amides is 1. The molecule has 0 aliphatic carbocycles. The summed E-state index contributed by atoms with van der Waals surface area (Å²) >= 11 is 13.9. The Balaban J connectivity index is 2.42. The van der Waals surface area contributed by atoms with Crippen molar-refractivity contribution in [2.24, 2.45) is 0 Å². The lowest BCUT2D eigenvalue weighted by atomic mass is 10.2. The highest BCUT2D eigenvalue weighted by molar-refractivity contribution is 14.1. The zero-order valence-electron chi connectivity index (χ0n) is 10.5. The van der Waals surface area contributed by atoms with Crippen molar-refractivity contribution in [3.05, 3.63) is 44.2 Å². The summed E-state index contributed by atoms with van der Waals surface area (Å²) in [5.41, 5.74) is 0.512. The summed E-state index contributed by atoms with van der Waals surface area (Å²) < 4.78 is 0.784. The van der Waals surface area contributed by atoms with Gasteiger partial charge in [0.25, 0.3) is 5.91 Å². The van der Waals surface area contributed by atoms with Gasteiger partial charge in [0.2, 0.25) is 0 Å². The number of carbonyl (C=O) groups is 1. The molecular formula is C12H9Cl2IN4O2. The normalized spacial score (nSPS) is 10.5. The number of anilines is 1. The lowest BCUT2D eigenvalue weighted by Crippen LogP contribution is -2.34. The Bertz CT molecular complexity index is 634. The number of nitrogens with zero attached hydrogens (tertiary/aromatic N) is 4. The van der Waals surface area contributed by atoms with Gasteiger partial charge in [0.05, 0.1) is 18.5 Å². The van der Waals surface area contributed by atoms with Crippen LogP contribution in [0, 0.1) is 3.70 Å². The largest absolute Gasteiger partial charge is 0.395 e. The molecule has 0 aliphatic heterocycles. The van der Waals surface area contributed by atoms with Crippen LogP contribution in [0.15, 0.2) is 24.7 Å². The fourth-order valence-electron chi connectivity index (χ4n) is 1.63. The summed E-state index contributed by atoms with van der Waals surface area (Å²) in [4.78, 5) is 25.5. The van der Waals surface area contributed by atoms with E-state index in [9.17, 15) is 9.90 Å². The number of rotatable bonds is 4. The van der Waals surface area contributed by atoms with Gasteiger partial charge in [0.15, 0.2) is 0 Å². The van der Waals surface area contributed by atoms with Crippen molar-refractivity contribution in [1.29, 1.82) is 0 Å². The minimum atomic E-state index is -0.498. The molecule has 0 saturated heterocycles. The van der Waals surface area contributed by atoms with Gasteiger partial charge < -0.3 is 10.0 Å². The van der Waals surface area contributed by atoms with Crippen LogP contribution in [0.25, 0.3) is 0 Å². The molecule has 21 heavy (non-hydrogen) atoms. The van der Waals surface area contributed by atoms with E-state index in [-0.39, 0.29) is 29.0 Å². The Kier molecular flexibility index (Phi) is 5.68. The second-order valence-electron chi connectivity index (χ2n) is 3.85. The molecule has 2 aromatic rings. The molecule has 0 spiro atoms. The molecule has 1 amide bonds. The summed E-state index contributed by atoms with van der Waals surface area (Å²) in [5, 5.41) is 9.09. The topological polar surface area (TPSA) is 79.2 Å². The van der Waals surface area contributed by atoms with Crippen molar-refractivity contribution < 1.29 is 9.90 Å². The first kappa shape index (κ1) is 16.3. The van der Waals surface area contributed by atoms with Crippen molar-refractivity contribution in [3.63, 3.8) is 0 Å². The van der Waals surface area contributed by atoms with Gasteiger partial charge >= 0.3 is 0 Å². The standard InChI is InChI=1S/C12H9Cl2IN4O2/c13-10-9(11(14)18-6-17-10)12(21)19(3-4-20)7-1-2-8(15)16-5-7/h1-2,5-6,20H,3-4H2. The molecule has 0 aliphatic rings. The molecule has 6 nitrogen and oxygen atoms in total. The molecule has 2 aromatic heterocycles. The maximum atomic E-state index is 12.6. The van der Waals surface area contributed by atoms with E-state index >= 15 is 0 Å². The van der Waals surface area contributed by atoms with Crippen LogP contribution < -0.4 is 4.90 Å². The van der Waals surface area contributed by atoms with Crippen LogP contribution in [0.1, 0.15) is 10.4 Å². The number of hydrogen-bond acceptors (Lipinski definition) is 5. The molecule has 9 heteroatoms. The van der Waals surface area contributed by atoms with Gasteiger partial charge in [-0.3, -0.25) is 4.79 Å². The number of pyridine rings is 1. The zero-order chi connectivity index (χ0) is 15.4. The first-order valence-electron chi connectivity index (χ1n) is 5.75. The average molecular weight is 439 g/mol. The molecule has 0 atom stereocenters. The highest BCUT2D eigenvalue weighted by Gasteiger charge is 2.24. The molecule has 0 aromatic carbocycles. The van der Waals surface area contributed by atoms with Gasteiger partial charge in [-0.15, -0.1) is 0 Å². The van der Waals surface area contributed by atoms with Crippen LogP contribution in [0.5, 0.6) is 0 Å². The van der Waals surface area contributed by atoms with Gasteiger partial charge in [0.1, 0.15) is 25.9 Å². The summed E-state index contributed by atoms with van der Waals surface area (Å²) in [7, 11) is 0. The molecule has 2 rings (SSSR count). The first-order valence-corrected chi connectivity index (χ1v) is 7.58. The molecule has 0 unspecified atom stereocenters. The number of aliphatic hydroxyl groups excluding tert-OH is 1. The Labute approximate surface area is 144 Å². The number of carbonyl (C=O) groups excluding carboxylic acids is 1. The highest BCUT2D eigenvalue weighted by Crippen LogP contribution is 2.24. The van der Waals surface area contributed by atoms with Crippen molar-refractivity contribution in [3.8, 4) is 0 Å². The van der Waals surface area contributed by atoms with Crippen LogP contribution in [-0.4, -0.2) is 39.1 Å². The minimum absolute atomic E-state index is 0.00664. The third-order valence-corrected chi connectivity index (χ3v) is 3.77.